The van der Waals surface area contributed by atoms with E-state index >= 15 is 0 Å². The van der Waals surface area contributed by atoms with Crippen molar-refractivity contribution in [3.63, 3.8) is 0 Å². The van der Waals surface area contributed by atoms with Gasteiger partial charge in [-0.1, -0.05) is 6.08 Å². The number of allylic oxidation sites excluding steroid dienone is 2. The second-order valence-corrected chi connectivity index (χ2v) is 3.27. The van der Waals surface area contributed by atoms with Crippen molar-refractivity contribution in [3.8, 4) is 0 Å². The van der Waals surface area contributed by atoms with Gasteiger partial charge in [0.05, 0.1) is 0 Å². The van der Waals surface area contributed by atoms with Crippen molar-refractivity contribution in [2.24, 2.45) is 0 Å². The van der Waals surface area contributed by atoms with Gasteiger partial charge in [-0.05, 0) is 26.2 Å². The number of halogens is 3. The van der Waals surface area contributed by atoms with E-state index in [9.17, 15) is 8.78 Å². The van der Waals surface area contributed by atoms with Crippen LogP contribution in [0.1, 0.15) is 12.8 Å². The molecule has 0 radical (unpaired) electrons. The molecule has 0 saturated heterocycles. The van der Waals surface area contributed by atoms with Gasteiger partial charge in [-0.3, -0.25) is 0 Å². The Hall–Kier alpha value is 0.330. The van der Waals surface area contributed by atoms with Gasteiger partial charge >= 0.3 is 0 Å². The zero-order valence-corrected chi connectivity index (χ0v) is 6.28. The fourth-order valence-corrected chi connectivity index (χ4v) is 1.43. The first-order valence-electron chi connectivity index (χ1n) is 2.32. The highest BCUT2D eigenvalue weighted by Gasteiger charge is 2.32. The highest BCUT2D eigenvalue weighted by Crippen LogP contribution is 2.36. The zero-order valence-electron chi connectivity index (χ0n) is 4.13. The zero-order chi connectivity index (χ0) is 6.20. The Morgan fingerprint density at radius 1 is 1.62 bits per heavy atom. The molecule has 0 amide bonds. The molecule has 0 N–H and O–H groups in total. The van der Waals surface area contributed by atoms with Gasteiger partial charge in [-0.2, -0.15) is 0 Å². The maximum Gasteiger partial charge on any atom is 0.255 e. The lowest BCUT2D eigenvalue weighted by Gasteiger charge is -2.04. The van der Waals surface area contributed by atoms with Crippen LogP contribution in [0.5, 0.6) is 0 Å². The molecule has 1 aliphatic carbocycles. The van der Waals surface area contributed by atoms with Gasteiger partial charge in [0.25, 0.3) is 5.92 Å². The molecule has 0 bridgehead atoms. The fourth-order valence-electron chi connectivity index (χ4n) is 0.651. The van der Waals surface area contributed by atoms with E-state index in [1.165, 1.54) is 0 Å². The molecule has 0 fully saturated rings. The van der Waals surface area contributed by atoms with Crippen LogP contribution in [0.4, 0.5) is 8.78 Å². The van der Waals surface area contributed by atoms with Gasteiger partial charge < -0.3 is 0 Å². The van der Waals surface area contributed by atoms with Gasteiger partial charge in [0.2, 0.25) is 0 Å². The topological polar surface area (TPSA) is 0 Å². The maximum atomic E-state index is 12.1. The van der Waals surface area contributed by atoms with Crippen LogP contribution in [0.15, 0.2) is 9.66 Å². The molecule has 0 aromatic heterocycles. The summed E-state index contributed by atoms with van der Waals surface area (Å²) in [7, 11) is 0. The van der Waals surface area contributed by atoms with Crippen LogP contribution in [0.3, 0.4) is 0 Å². The Kier molecular flexibility index (Phi) is 1.56. The summed E-state index contributed by atoms with van der Waals surface area (Å²) in [6.07, 6.45) is 1.47. The monoisotopic (exact) mass is 230 g/mol. The van der Waals surface area contributed by atoms with E-state index in [2.05, 4.69) is 0 Å². The van der Waals surface area contributed by atoms with E-state index in [4.69, 9.17) is 0 Å². The molecule has 0 spiro atoms. The normalized spacial score (nSPS) is 25.6. The lowest BCUT2D eigenvalue weighted by Crippen LogP contribution is -2.08. The third kappa shape index (κ3) is 1.40. The first kappa shape index (κ1) is 6.45. The first-order valence-corrected chi connectivity index (χ1v) is 3.40. The van der Waals surface area contributed by atoms with Crippen molar-refractivity contribution in [1.29, 1.82) is 0 Å². The van der Waals surface area contributed by atoms with Gasteiger partial charge in [0.15, 0.2) is 0 Å². The van der Waals surface area contributed by atoms with E-state index in [1.807, 2.05) is 22.6 Å². The molecule has 0 aliphatic heterocycles. The summed E-state index contributed by atoms with van der Waals surface area (Å²) in [4.78, 5) is 0. The molecular weight excluding hydrogens is 225 g/mol. The van der Waals surface area contributed by atoms with E-state index in [0.717, 1.165) is 3.58 Å². The number of hydrogen-bond donors (Lipinski definition) is 0. The van der Waals surface area contributed by atoms with Crippen molar-refractivity contribution in [2.75, 3.05) is 0 Å². The fraction of sp³-hybridized carbons (Fsp3) is 0.600. The summed E-state index contributed by atoms with van der Waals surface area (Å²) in [6, 6.07) is 0. The van der Waals surface area contributed by atoms with Crippen LogP contribution in [0.25, 0.3) is 0 Å². The van der Waals surface area contributed by atoms with E-state index in [1.54, 1.807) is 6.08 Å². The summed E-state index contributed by atoms with van der Waals surface area (Å²) in [5.74, 6) is -2.43. The van der Waals surface area contributed by atoms with Crippen LogP contribution in [-0.4, -0.2) is 5.92 Å². The first-order chi connectivity index (χ1) is 3.60. The molecule has 0 aromatic carbocycles. The molecule has 0 unspecified atom stereocenters. The average molecular weight is 230 g/mol. The third-order valence-corrected chi connectivity index (χ3v) is 1.87. The molecular formula is C5H5F2I. The second kappa shape index (κ2) is 1.93. The van der Waals surface area contributed by atoms with Crippen LogP contribution in [0, 0.1) is 0 Å². The summed E-state index contributed by atoms with van der Waals surface area (Å²) in [5, 5.41) is 0. The molecule has 46 valence electrons. The molecule has 1 aliphatic rings. The standard InChI is InChI=1S/C5H5F2I/c6-5(7)2-1-4(8)3-5/h1H,2-3H2. The van der Waals surface area contributed by atoms with Crippen LogP contribution < -0.4 is 0 Å². The summed E-state index contributed by atoms with van der Waals surface area (Å²) >= 11 is 1.94. The van der Waals surface area contributed by atoms with E-state index in [0.29, 0.717) is 0 Å². The largest absolute Gasteiger partial charge is 0.255 e. The number of alkyl halides is 2. The minimum atomic E-state index is -2.43. The predicted octanol–water partition coefficient (Wildman–Crippen LogP) is 2.73. The minimum absolute atomic E-state index is 0.0481. The van der Waals surface area contributed by atoms with Crippen molar-refractivity contribution in [2.45, 2.75) is 18.8 Å². The van der Waals surface area contributed by atoms with Crippen molar-refractivity contribution < 1.29 is 8.78 Å². The lowest BCUT2D eigenvalue weighted by atomic mass is 10.3. The minimum Gasteiger partial charge on any atom is -0.206 e. The van der Waals surface area contributed by atoms with Crippen LogP contribution in [-0.2, 0) is 0 Å². The van der Waals surface area contributed by atoms with Gasteiger partial charge in [0.1, 0.15) is 0 Å². The molecule has 0 nitrogen and oxygen atoms in total. The Balaban J connectivity index is 2.55. The molecule has 0 saturated carbocycles. The van der Waals surface area contributed by atoms with Crippen molar-refractivity contribution in [1.82, 2.24) is 0 Å². The molecule has 1 rings (SSSR count). The SMILES string of the molecule is FC1(F)CC=C(I)C1. The van der Waals surface area contributed by atoms with Crippen molar-refractivity contribution in [3.05, 3.63) is 9.66 Å². The maximum absolute atomic E-state index is 12.1. The van der Waals surface area contributed by atoms with Crippen LogP contribution >= 0.6 is 22.6 Å². The molecule has 0 heterocycles. The summed E-state index contributed by atoms with van der Waals surface area (Å²) < 4.78 is 25.1. The smallest absolute Gasteiger partial charge is 0.206 e. The number of hydrogen-bond acceptors (Lipinski definition) is 0. The third-order valence-electron chi connectivity index (χ3n) is 1.05. The molecule has 0 atom stereocenters. The quantitative estimate of drug-likeness (QED) is 0.561. The van der Waals surface area contributed by atoms with E-state index in [-0.39, 0.29) is 12.8 Å². The highest BCUT2D eigenvalue weighted by molar-refractivity contribution is 14.1. The Morgan fingerprint density at radius 2 is 2.25 bits per heavy atom. The second-order valence-electron chi connectivity index (χ2n) is 1.89. The molecule has 0 aromatic rings. The molecule has 8 heavy (non-hydrogen) atoms. The molecule has 3 heteroatoms. The average Bonchev–Trinajstić information content (AvgIpc) is 1.82. The predicted molar refractivity (Wildman–Crippen MR) is 36.3 cm³/mol. The van der Waals surface area contributed by atoms with Gasteiger partial charge in [-0.25, -0.2) is 8.78 Å². The van der Waals surface area contributed by atoms with Crippen LogP contribution in [0.2, 0.25) is 0 Å². The van der Waals surface area contributed by atoms with E-state index < -0.39 is 5.92 Å². The van der Waals surface area contributed by atoms with Gasteiger partial charge in [0, 0.05) is 12.8 Å². The Bertz CT molecular complexity index is 128. The highest BCUT2D eigenvalue weighted by atomic mass is 127. The van der Waals surface area contributed by atoms with Gasteiger partial charge in [-0.15, -0.1) is 0 Å². The Morgan fingerprint density at radius 3 is 2.38 bits per heavy atom. The summed E-state index contributed by atoms with van der Waals surface area (Å²) in [5.41, 5.74) is 0. The lowest BCUT2D eigenvalue weighted by molar-refractivity contribution is 0.0154. The Labute approximate surface area is 60.1 Å². The van der Waals surface area contributed by atoms with Crippen molar-refractivity contribution >= 4 is 22.6 Å². The number of rotatable bonds is 0. The summed E-state index contributed by atoms with van der Waals surface area (Å²) in [6.45, 7) is 0.